The molecule has 0 bridgehead atoms. The van der Waals surface area contributed by atoms with Crippen molar-refractivity contribution < 1.29 is 5.11 Å². The lowest BCUT2D eigenvalue weighted by Crippen LogP contribution is -2.35. The molecule has 86 valence electrons. The third-order valence-electron chi connectivity index (χ3n) is 4.24. The van der Waals surface area contributed by atoms with Gasteiger partial charge in [-0.05, 0) is 49.9 Å². The lowest BCUT2D eigenvalue weighted by atomic mass is 9.61. The summed E-state index contributed by atoms with van der Waals surface area (Å²) in [4.78, 5) is 0. The van der Waals surface area contributed by atoms with Crippen LogP contribution in [0, 0.1) is 17.3 Å². The van der Waals surface area contributed by atoms with Crippen molar-refractivity contribution in [2.24, 2.45) is 17.3 Å². The van der Waals surface area contributed by atoms with E-state index in [1.165, 1.54) is 18.4 Å². The number of allylic oxidation sites excluding steroid dienone is 2. The summed E-state index contributed by atoms with van der Waals surface area (Å²) in [7, 11) is 0. The molecule has 0 amide bonds. The molecule has 3 atom stereocenters. The fourth-order valence-corrected chi connectivity index (χ4v) is 2.86. The highest BCUT2D eigenvalue weighted by atomic mass is 16.3. The predicted molar refractivity (Wildman–Crippen MR) is 65.7 cm³/mol. The second-order valence-corrected chi connectivity index (χ2v) is 5.14. The average Bonchev–Trinajstić information content (AvgIpc) is 2.21. The van der Waals surface area contributed by atoms with Gasteiger partial charge in [-0.15, -0.1) is 6.58 Å². The summed E-state index contributed by atoms with van der Waals surface area (Å²) >= 11 is 0. The van der Waals surface area contributed by atoms with Gasteiger partial charge in [0, 0.05) is 6.61 Å². The second-order valence-electron chi connectivity index (χ2n) is 5.14. The highest BCUT2D eigenvalue weighted by Gasteiger charge is 2.38. The van der Waals surface area contributed by atoms with E-state index in [9.17, 15) is 5.11 Å². The zero-order chi connectivity index (χ0) is 11.5. The zero-order valence-corrected chi connectivity index (χ0v) is 10.1. The van der Waals surface area contributed by atoms with Crippen LogP contribution < -0.4 is 0 Å². The largest absolute Gasteiger partial charge is 0.396 e. The van der Waals surface area contributed by atoms with Crippen molar-refractivity contribution in [3.8, 4) is 0 Å². The monoisotopic (exact) mass is 208 g/mol. The molecular formula is C14H24O. The van der Waals surface area contributed by atoms with Gasteiger partial charge in [-0.3, -0.25) is 0 Å². The molecule has 0 aromatic heterocycles. The number of rotatable bonds is 4. The van der Waals surface area contributed by atoms with Crippen molar-refractivity contribution in [3.05, 3.63) is 24.8 Å². The fourth-order valence-electron chi connectivity index (χ4n) is 2.86. The minimum atomic E-state index is 0.136. The summed E-state index contributed by atoms with van der Waals surface area (Å²) in [6.45, 7) is 12.7. The zero-order valence-electron chi connectivity index (χ0n) is 10.1. The molecule has 1 aliphatic rings. The standard InChI is InChI=1S/C14H24O/c1-5-14(8-9-15)10-13(11(2)3)7-6-12(14)4/h5,12-13,15H,1-2,6-10H2,3-4H3/t12-,13-,14?/m1/s1. The molecule has 0 radical (unpaired) electrons. The van der Waals surface area contributed by atoms with Gasteiger partial charge in [0.1, 0.15) is 0 Å². The van der Waals surface area contributed by atoms with E-state index in [2.05, 4.69) is 33.1 Å². The Bertz CT molecular complexity index is 244. The van der Waals surface area contributed by atoms with Crippen molar-refractivity contribution in [3.63, 3.8) is 0 Å². The second kappa shape index (κ2) is 4.98. The summed E-state index contributed by atoms with van der Waals surface area (Å²) < 4.78 is 0. The summed E-state index contributed by atoms with van der Waals surface area (Å²) in [5.41, 5.74) is 1.42. The Hall–Kier alpha value is -0.560. The van der Waals surface area contributed by atoms with Crippen LogP contribution in [0.4, 0.5) is 0 Å². The molecule has 1 aliphatic carbocycles. The van der Waals surface area contributed by atoms with Crippen LogP contribution in [-0.2, 0) is 0 Å². The van der Waals surface area contributed by atoms with Crippen LogP contribution >= 0.6 is 0 Å². The Labute approximate surface area is 93.9 Å². The minimum Gasteiger partial charge on any atom is -0.396 e. The lowest BCUT2D eigenvalue weighted by molar-refractivity contribution is 0.0954. The van der Waals surface area contributed by atoms with E-state index >= 15 is 0 Å². The third-order valence-corrected chi connectivity index (χ3v) is 4.24. The van der Waals surface area contributed by atoms with Crippen molar-refractivity contribution >= 4 is 0 Å². The van der Waals surface area contributed by atoms with Gasteiger partial charge in [0.25, 0.3) is 0 Å². The SMILES string of the molecule is C=CC1(CCO)C[C@H](C(=C)C)CC[C@H]1C. The Morgan fingerprint density at radius 3 is 2.67 bits per heavy atom. The van der Waals surface area contributed by atoms with Crippen LogP contribution in [0.5, 0.6) is 0 Å². The van der Waals surface area contributed by atoms with Crippen molar-refractivity contribution in [2.45, 2.75) is 39.5 Å². The Morgan fingerprint density at radius 2 is 2.20 bits per heavy atom. The van der Waals surface area contributed by atoms with E-state index in [1.54, 1.807) is 0 Å². The summed E-state index contributed by atoms with van der Waals surface area (Å²) in [5, 5.41) is 9.19. The van der Waals surface area contributed by atoms with Gasteiger partial charge in [-0.1, -0.05) is 25.2 Å². The molecule has 0 aromatic carbocycles. The summed E-state index contributed by atoms with van der Waals surface area (Å²) in [5.74, 6) is 1.25. The van der Waals surface area contributed by atoms with Gasteiger partial charge in [0.05, 0.1) is 0 Å². The molecule has 0 heterocycles. The normalized spacial score (nSPS) is 36.2. The predicted octanol–water partition coefficient (Wildman–Crippen LogP) is 3.55. The molecule has 1 saturated carbocycles. The van der Waals surface area contributed by atoms with Crippen molar-refractivity contribution in [2.75, 3.05) is 6.61 Å². The number of hydrogen-bond donors (Lipinski definition) is 1. The van der Waals surface area contributed by atoms with Gasteiger partial charge in [-0.2, -0.15) is 0 Å². The topological polar surface area (TPSA) is 20.2 Å². The molecule has 1 N–H and O–H groups in total. The molecule has 0 saturated heterocycles. The Kier molecular flexibility index (Phi) is 4.15. The van der Waals surface area contributed by atoms with Crippen LogP contribution in [0.2, 0.25) is 0 Å². The first-order valence-electron chi connectivity index (χ1n) is 5.95. The first-order valence-corrected chi connectivity index (χ1v) is 5.95. The highest BCUT2D eigenvalue weighted by molar-refractivity contribution is 5.08. The Morgan fingerprint density at radius 1 is 1.53 bits per heavy atom. The van der Waals surface area contributed by atoms with Gasteiger partial charge >= 0.3 is 0 Å². The van der Waals surface area contributed by atoms with E-state index in [4.69, 9.17) is 0 Å². The molecule has 1 nitrogen and oxygen atoms in total. The van der Waals surface area contributed by atoms with E-state index in [-0.39, 0.29) is 12.0 Å². The molecule has 1 heteroatoms. The average molecular weight is 208 g/mol. The third kappa shape index (κ3) is 2.52. The molecule has 1 rings (SSSR count). The van der Waals surface area contributed by atoms with E-state index < -0.39 is 0 Å². The van der Waals surface area contributed by atoms with Crippen molar-refractivity contribution in [1.29, 1.82) is 0 Å². The molecule has 0 aliphatic heterocycles. The molecule has 0 spiro atoms. The van der Waals surface area contributed by atoms with Gasteiger partial charge < -0.3 is 5.11 Å². The maximum absolute atomic E-state index is 9.19. The molecule has 15 heavy (non-hydrogen) atoms. The number of aliphatic hydroxyl groups is 1. The quantitative estimate of drug-likeness (QED) is 0.700. The molecule has 1 unspecified atom stereocenters. The van der Waals surface area contributed by atoms with Crippen LogP contribution in [0.3, 0.4) is 0 Å². The van der Waals surface area contributed by atoms with E-state index in [1.807, 2.05) is 0 Å². The fraction of sp³-hybridized carbons (Fsp3) is 0.714. The first kappa shape index (κ1) is 12.5. The number of hydrogen-bond acceptors (Lipinski definition) is 1. The van der Waals surface area contributed by atoms with E-state index in [0.29, 0.717) is 11.8 Å². The van der Waals surface area contributed by atoms with Gasteiger partial charge in [0.15, 0.2) is 0 Å². The maximum Gasteiger partial charge on any atom is 0.0439 e. The molecule has 1 fully saturated rings. The highest BCUT2D eigenvalue weighted by Crippen LogP contribution is 2.48. The molecular weight excluding hydrogens is 184 g/mol. The first-order chi connectivity index (χ1) is 7.05. The Balaban J connectivity index is 2.82. The van der Waals surface area contributed by atoms with Gasteiger partial charge in [-0.25, -0.2) is 0 Å². The van der Waals surface area contributed by atoms with Crippen LogP contribution in [0.1, 0.15) is 39.5 Å². The van der Waals surface area contributed by atoms with Crippen LogP contribution in [-0.4, -0.2) is 11.7 Å². The van der Waals surface area contributed by atoms with Gasteiger partial charge in [0.2, 0.25) is 0 Å². The minimum absolute atomic E-state index is 0.136. The lowest BCUT2D eigenvalue weighted by Gasteiger charge is -2.44. The van der Waals surface area contributed by atoms with Crippen molar-refractivity contribution in [1.82, 2.24) is 0 Å². The number of aliphatic hydroxyl groups excluding tert-OH is 1. The summed E-state index contributed by atoms with van der Waals surface area (Å²) in [6, 6.07) is 0. The maximum atomic E-state index is 9.19. The van der Waals surface area contributed by atoms with Crippen LogP contribution in [0.15, 0.2) is 24.8 Å². The van der Waals surface area contributed by atoms with E-state index in [0.717, 1.165) is 12.8 Å². The summed E-state index contributed by atoms with van der Waals surface area (Å²) in [6.07, 6.45) is 6.51. The smallest absolute Gasteiger partial charge is 0.0439 e. The van der Waals surface area contributed by atoms with Crippen LogP contribution in [0.25, 0.3) is 0 Å². The molecule has 0 aromatic rings.